The molecule has 2 aliphatic rings. The van der Waals surface area contributed by atoms with Gasteiger partial charge in [-0.05, 0) is 24.8 Å². The van der Waals surface area contributed by atoms with E-state index in [1.54, 1.807) is 4.90 Å². The van der Waals surface area contributed by atoms with Crippen LogP contribution in [0.4, 0.5) is 4.79 Å². The van der Waals surface area contributed by atoms with Crippen LogP contribution in [-0.4, -0.2) is 41.6 Å². The molecule has 1 saturated carbocycles. The Morgan fingerprint density at radius 3 is 2.57 bits per heavy atom. The summed E-state index contributed by atoms with van der Waals surface area (Å²) < 4.78 is 0. The van der Waals surface area contributed by atoms with E-state index >= 15 is 0 Å². The van der Waals surface area contributed by atoms with Crippen LogP contribution in [0, 0.1) is 5.92 Å². The van der Waals surface area contributed by atoms with Crippen molar-refractivity contribution in [3.63, 3.8) is 0 Å². The standard InChI is InChI=1S/C16H20N2O3/c19-14(20)12-6-9-18(10-12)15(21)17-11-16(7-8-16)13-4-2-1-3-5-13/h1-5,12H,6-11H2,(H,17,21)(H,19,20). The van der Waals surface area contributed by atoms with Crippen LogP contribution in [0.5, 0.6) is 0 Å². The molecular weight excluding hydrogens is 268 g/mol. The van der Waals surface area contributed by atoms with Crippen molar-refractivity contribution in [2.75, 3.05) is 19.6 Å². The summed E-state index contributed by atoms with van der Waals surface area (Å²) in [6, 6.07) is 10.1. The van der Waals surface area contributed by atoms with E-state index < -0.39 is 11.9 Å². The lowest BCUT2D eigenvalue weighted by atomic mass is 9.96. The van der Waals surface area contributed by atoms with Crippen molar-refractivity contribution in [3.8, 4) is 0 Å². The number of hydrogen-bond acceptors (Lipinski definition) is 2. The molecule has 0 bridgehead atoms. The maximum atomic E-state index is 12.1. The molecule has 2 N–H and O–H groups in total. The normalized spacial score (nSPS) is 22.9. The second-order valence-electron chi connectivity index (χ2n) is 6.07. The van der Waals surface area contributed by atoms with Crippen LogP contribution in [0.25, 0.3) is 0 Å². The topological polar surface area (TPSA) is 69.6 Å². The van der Waals surface area contributed by atoms with E-state index in [-0.39, 0.29) is 11.4 Å². The first kappa shape index (κ1) is 13.9. The van der Waals surface area contributed by atoms with Gasteiger partial charge in [0.15, 0.2) is 0 Å². The molecule has 0 spiro atoms. The zero-order chi connectivity index (χ0) is 14.9. The van der Waals surface area contributed by atoms with Crippen LogP contribution in [0.2, 0.25) is 0 Å². The molecule has 5 nitrogen and oxygen atoms in total. The number of hydrogen-bond donors (Lipinski definition) is 2. The lowest BCUT2D eigenvalue weighted by Gasteiger charge is -2.21. The highest BCUT2D eigenvalue weighted by Crippen LogP contribution is 2.47. The number of nitrogens with one attached hydrogen (secondary N) is 1. The summed E-state index contributed by atoms with van der Waals surface area (Å²) in [6.07, 6.45) is 2.73. The molecule has 0 aromatic heterocycles. The van der Waals surface area contributed by atoms with Gasteiger partial charge in [0.25, 0.3) is 0 Å². The van der Waals surface area contributed by atoms with Crippen LogP contribution < -0.4 is 5.32 Å². The lowest BCUT2D eigenvalue weighted by molar-refractivity contribution is -0.141. The molecule has 1 saturated heterocycles. The van der Waals surface area contributed by atoms with Crippen molar-refractivity contribution in [1.82, 2.24) is 10.2 Å². The summed E-state index contributed by atoms with van der Waals surface area (Å²) in [4.78, 5) is 24.7. The van der Waals surface area contributed by atoms with Gasteiger partial charge in [0.05, 0.1) is 5.92 Å². The minimum atomic E-state index is -0.812. The Labute approximate surface area is 123 Å². The number of urea groups is 1. The van der Waals surface area contributed by atoms with Crippen LogP contribution in [-0.2, 0) is 10.2 Å². The number of nitrogens with zero attached hydrogens (tertiary/aromatic N) is 1. The Bertz CT molecular complexity index is 540. The van der Waals surface area contributed by atoms with Crippen molar-refractivity contribution >= 4 is 12.0 Å². The van der Waals surface area contributed by atoms with Crippen molar-refractivity contribution < 1.29 is 14.7 Å². The van der Waals surface area contributed by atoms with Gasteiger partial charge < -0.3 is 15.3 Å². The number of rotatable bonds is 4. The van der Waals surface area contributed by atoms with E-state index in [0.29, 0.717) is 26.1 Å². The van der Waals surface area contributed by atoms with Gasteiger partial charge in [-0.3, -0.25) is 4.79 Å². The van der Waals surface area contributed by atoms with E-state index in [1.165, 1.54) is 5.56 Å². The van der Waals surface area contributed by atoms with Crippen LogP contribution >= 0.6 is 0 Å². The van der Waals surface area contributed by atoms with Crippen LogP contribution in [0.1, 0.15) is 24.8 Å². The number of amides is 2. The Morgan fingerprint density at radius 2 is 2.00 bits per heavy atom. The van der Waals surface area contributed by atoms with Gasteiger partial charge in [-0.25, -0.2) is 4.79 Å². The van der Waals surface area contributed by atoms with Gasteiger partial charge in [0, 0.05) is 25.0 Å². The van der Waals surface area contributed by atoms with Crippen LogP contribution in [0.3, 0.4) is 0 Å². The van der Waals surface area contributed by atoms with Gasteiger partial charge in [-0.1, -0.05) is 30.3 Å². The second kappa shape index (κ2) is 5.39. The molecule has 0 radical (unpaired) electrons. The number of carbonyl (C=O) groups is 2. The smallest absolute Gasteiger partial charge is 0.317 e. The summed E-state index contributed by atoms with van der Waals surface area (Å²) in [5.41, 5.74) is 1.36. The first-order valence-corrected chi connectivity index (χ1v) is 7.42. The first-order valence-electron chi connectivity index (χ1n) is 7.42. The summed E-state index contributed by atoms with van der Waals surface area (Å²) in [5.74, 6) is -1.23. The molecule has 2 fully saturated rings. The third kappa shape index (κ3) is 2.86. The van der Waals surface area contributed by atoms with Gasteiger partial charge >= 0.3 is 12.0 Å². The first-order chi connectivity index (χ1) is 10.1. The molecule has 3 rings (SSSR count). The fraction of sp³-hybridized carbons (Fsp3) is 0.500. The third-order valence-electron chi connectivity index (χ3n) is 4.64. The predicted octanol–water partition coefficient (Wildman–Crippen LogP) is 1.83. The fourth-order valence-corrected chi connectivity index (χ4v) is 3.01. The molecule has 1 aliphatic carbocycles. The van der Waals surface area contributed by atoms with E-state index in [9.17, 15) is 9.59 Å². The molecule has 1 aliphatic heterocycles. The molecular formula is C16H20N2O3. The molecule has 1 aromatic carbocycles. The molecule has 1 atom stereocenters. The SMILES string of the molecule is O=C(O)C1CCN(C(=O)NCC2(c3ccccc3)CC2)C1. The number of aliphatic carboxylic acids is 1. The zero-order valence-corrected chi connectivity index (χ0v) is 11.9. The molecule has 1 aromatic rings. The second-order valence-corrected chi connectivity index (χ2v) is 6.07. The molecule has 5 heteroatoms. The van der Waals surface area contributed by atoms with E-state index in [4.69, 9.17) is 5.11 Å². The van der Waals surface area contributed by atoms with Gasteiger partial charge in [-0.2, -0.15) is 0 Å². The Hall–Kier alpha value is -2.04. The Morgan fingerprint density at radius 1 is 1.29 bits per heavy atom. The molecule has 1 unspecified atom stereocenters. The van der Waals surface area contributed by atoms with E-state index in [0.717, 1.165) is 12.8 Å². The van der Waals surface area contributed by atoms with E-state index in [1.807, 2.05) is 18.2 Å². The number of carboxylic acid groups (broad SMARTS) is 1. The Kier molecular flexibility index (Phi) is 3.57. The quantitative estimate of drug-likeness (QED) is 0.888. The van der Waals surface area contributed by atoms with Crippen molar-refractivity contribution in [2.24, 2.45) is 5.92 Å². The highest BCUT2D eigenvalue weighted by Gasteiger charge is 2.44. The average Bonchev–Trinajstić information content (AvgIpc) is 3.12. The zero-order valence-electron chi connectivity index (χ0n) is 11.9. The maximum absolute atomic E-state index is 12.1. The van der Waals surface area contributed by atoms with Crippen molar-refractivity contribution in [2.45, 2.75) is 24.7 Å². The largest absolute Gasteiger partial charge is 0.481 e. The van der Waals surface area contributed by atoms with Crippen molar-refractivity contribution in [3.05, 3.63) is 35.9 Å². The monoisotopic (exact) mass is 288 g/mol. The number of likely N-dealkylation sites (tertiary alicyclic amines) is 1. The summed E-state index contributed by atoms with van der Waals surface area (Å²) in [7, 11) is 0. The van der Waals surface area contributed by atoms with Gasteiger partial charge in [-0.15, -0.1) is 0 Å². The molecule has 2 amide bonds. The fourth-order valence-electron chi connectivity index (χ4n) is 3.01. The minimum absolute atomic E-state index is 0.0862. The summed E-state index contributed by atoms with van der Waals surface area (Å²) in [6.45, 7) is 1.48. The number of carbonyl (C=O) groups excluding carboxylic acids is 1. The number of benzene rings is 1. The van der Waals surface area contributed by atoms with Gasteiger partial charge in [0.2, 0.25) is 0 Å². The summed E-state index contributed by atoms with van der Waals surface area (Å²) >= 11 is 0. The maximum Gasteiger partial charge on any atom is 0.317 e. The minimum Gasteiger partial charge on any atom is -0.481 e. The Balaban J connectivity index is 1.54. The van der Waals surface area contributed by atoms with Crippen LogP contribution in [0.15, 0.2) is 30.3 Å². The average molecular weight is 288 g/mol. The summed E-state index contributed by atoms with van der Waals surface area (Å²) in [5, 5.41) is 12.0. The van der Waals surface area contributed by atoms with Gasteiger partial charge in [0.1, 0.15) is 0 Å². The third-order valence-corrected chi connectivity index (χ3v) is 4.64. The number of carboxylic acids is 1. The highest BCUT2D eigenvalue weighted by atomic mass is 16.4. The predicted molar refractivity (Wildman–Crippen MR) is 78.1 cm³/mol. The molecule has 112 valence electrons. The highest BCUT2D eigenvalue weighted by molar-refractivity contribution is 5.77. The molecule has 1 heterocycles. The molecule has 21 heavy (non-hydrogen) atoms. The van der Waals surface area contributed by atoms with Crippen molar-refractivity contribution in [1.29, 1.82) is 0 Å². The van der Waals surface area contributed by atoms with E-state index in [2.05, 4.69) is 17.4 Å². The lowest BCUT2D eigenvalue weighted by Crippen LogP contribution is -2.42.